The molecule has 0 amide bonds. The number of carbonyl (C=O) groups is 1. The molecule has 0 aliphatic rings. The van der Waals surface area contributed by atoms with Gasteiger partial charge in [-0.1, -0.05) is 30.3 Å². The topological polar surface area (TPSA) is 73.1 Å². The van der Waals surface area contributed by atoms with E-state index in [1.807, 2.05) is 6.07 Å². The van der Waals surface area contributed by atoms with E-state index in [1.54, 1.807) is 31.2 Å². The Labute approximate surface area is 121 Å². The van der Waals surface area contributed by atoms with Crippen molar-refractivity contribution in [3.05, 3.63) is 55.6 Å². The van der Waals surface area contributed by atoms with Crippen molar-refractivity contribution in [2.45, 2.75) is 12.8 Å². The Hall–Kier alpha value is -1.60. The van der Waals surface area contributed by atoms with E-state index in [0.29, 0.717) is 9.48 Å². The van der Waals surface area contributed by atoms with Gasteiger partial charge < -0.3 is 0 Å². The minimum absolute atomic E-state index is 0.0938. The Kier molecular flexibility index (Phi) is 4.06. The molecular formula is C12H9BrN2O3S. The number of hydrogen-bond acceptors (Lipinski definition) is 5. The number of thiazole rings is 1. The van der Waals surface area contributed by atoms with E-state index in [1.165, 1.54) is 0 Å². The average molecular weight is 341 g/mol. The van der Waals surface area contributed by atoms with Crippen molar-refractivity contribution in [2.24, 2.45) is 0 Å². The van der Waals surface area contributed by atoms with Crippen LogP contribution in [0.3, 0.4) is 0 Å². The van der Waals surface area contributed by atoms with E-state index in [2.05, 4.69) is 20.9 Å². The molecule has 7 heteroatoms. The van der Waals surface area contributed by atoms with Crippen LogP contribution >= 0.6 is 27.3 Å². The SMILES string of the molecule is CC(C(=O)c1ccccc1)c1nc(Br)sc1[N+](=O)[O-]. The van der Waals surface area contributed by atoms with E-state index in [-0.39, 0.29) is 16.5 Å². The smallest absolute Gasteiger partial charge is 0.293 e. The molecule has 0 saturated carbocycles. The number of halogens is 1. The van der Waals surface area contributed by atoms with Crippen LogP contribution in [-0.2, 0) is 0 Å². The van der Waals surface area contributed by atoms with Crippen molar-refractivity contribution in [1.29, 1.82) is 0 Å². The number of rotatable bonds is 4. The normalized spacial score (nSPS) is 12.1. The Balaban J connectivity index is 2.37. The quantitative estimate of drug-likeness (QED) is 0.482. The molecule has 1 aromatic carbocycles. The number of nitro groups is 1. The van der Waals surface area contributed by atoms with Crippen molar-refractivity contribution in [2.75, 3.05) is 0 Å². The van der Waals surface area contributed by atoms with Gasteiger partial charge in [0.2, 0.25) is 0 Å². The summed E-state index contributed by atoms with van der Waals surface area (Å²) in [5, 5.41) is 10.8. The minimum atomic E-state index is -0.648. The maximum atomic E-state index is 12.3. The van der Waals surface area contributed by atoms with Gasteiger partial charge in [-0.3, -0.25) is 14.9 Å². The number of ketones is 1. The molecule has 0 fully saturated rings. The van der Waals surface area contributed by atoms with Gasteiger partial charge in [-0.2, -0.15) is 0 Å². The number of carbonyl (C=O) groups excluding carboxylic acids is 1. The summed E-state index contributed by atoms with van der Waals surface area (Å²) in [6.45, 7) is 1.63. The summed E-state index contributed by atoms with van der Waals surface area (Å²) < 4.78 is 0.405. The van der Waals surface area contributed by atoms with Crippen LogP contribution in [0.1, 0.15) is 28.9 Å². The Morgan fingerprint density at radius 1 is 1.42 bits per heavy atom. The third-order valence-corrected chi connectivity index (χ3v) is 4.11. The molecular weight excluding hydrogens is 332 g/mol. The third kappa shape index (κ3) is 2.87. The summed E-state index contributed by atoms with van der Waals surface area (Å²) in [6, 6.07) is 8.69. The van der Waals surface area contributed by atoms with Crippen molar-refractivity contribution in [3.8, 4) is 0 Å². The average Bonchev–Trinajstić information content (AvgIpc) is 2.80. The first-order chi connectivity index (χ1) is 9.00. The lowest BCUT2D eigenvalue weighted by molar-refractivity contribution is -0.381. The zero-order valence-corrected chi connectivity index (χ0v) is 12.3. The molecule has 98 valence electrons. The van der Waals surface area contributed by atoms with Crippen LogP contribution in [0.15, 0.2) is 34.2 Å². The highest BCUT2D eigenvalue weighted by atomic mass is 79.9. The standard InChI is InChI=1S/C12H9BrN2O3S/c1-7(10(16)8-5-3-2-4-6-8)9-11(15(17)18)19-12(13)14-9/h2-7H,1H3. The molecule has 1 unspecified atom stereocenters. The summed E-state index contributed by atoms with van der Waals surface area (Å²) in [5.41, 5.74) is 0.726. The van der Waals surface area contributed by atoms with Gasteiger partial charge in [-0.05, 0) is 34.2 Å². The second kappa shape index (κ2) is 5.58. The van der Waals surface area contributed by atoms with Crippen molar-refractivity contribution in [1.82, 2.24) is 4.98 Å². The number of aromatic nitrogens is 1. The van der Waals surface area contributed by atoms with Gasteiger partial charge in [0.15, 0.2) is 9.70 Å². The fourth-order valence-corrected chi connectivity index (χ4v) is 3.04. The van der Waals surface area contributed by atoms with Gasteiger partial charge in [0.05, 0.1) is 10.8 Å². The van der Waals surface area contributed by atoms with Gasteiger partial charge in [0, 0.05) is 5.56 Å². The van der Waals surface area contributed by atoms with Gasteiger partial charge in [0.1, 0.15) is 5.69 Å². The van der Waals surface area contributed by atoms with Crippen LogP contribution < -0.4 is 0 Å². The summed E-state index contributed by atoms with van der Waals surface area (Å²) in [5.74, 6) is -0.827. The summed E-state index contributed by atoms with van der Waals surface area (Å²) in [7, 11) is 0. The third-order valence-electron chi connectivity index (χ3n) is 2.64. The molecule has 1 aromatic heterocycles. The summed E-state index contributed by atoms with van der Waals surface area (Å²) in [6.07, 6.45) is 0. The van der Waals surface area contributed by atoms with E-state index >= 15 is 0 Å². The molecule has 0 N–H and O–H groups in total. The molecule has 0 bridgehead atoms. The maximum absolute atomic E-state index is 12.3. The van der Waals surface area contributed by atoms with Crippen LogP contribution in [0.25, 0.3) is 0 Å². The number of nitrogens with zero attached hydrogens (tertiary/aromatic N) is 2. The van der Waals surface area contributed by atoms with Gasteiger partial charge >= 0.3 is 5.00 Å². The molecule has 19 heavy (non-hydrogen) atoms. The van der Waals surface area contributed by atoms with Crippen LogP contribution in [0.4, 0.5) is 5.00 Å². The number of hydrogen-bond donors (Lipinski definition) is 0. The van der Waals surface area contributed by atoms with E-state index < -0.39 is 10.8 Å². The Morgan fingerprint density at radius 2 is 2.05 bits per heavy atom. The molecule has 0 spiro atoms. The Bertz CT molecular complexity index is 627. The molecule has 0 radical (unpaired) electrons. The predicted molar refractivity (Wildman–Crippen MR) is 75.7 cm³/mol. The van der Waals surface area contributed by atoms with Crippen LogP contribution in [-0.4, -0.2) is 15.7 Å². The lowest BCUT2D eigenvalue weighted by Crippen LogP contribution is -2.11. The van der Waals surface area contributed by atoms with E-state index in [4.69, 9.17) is 0 Å². The molecule has 0 aliphatic heterocycles. The van der Waals surface area contributed by atoms with Gasteiger partial charge in [-0.25, -0.2) is 4.98 Å². The largest absolute Gasteiger partial charge is 0.348 e. The Morgan fingerprint density at radius 3 is 2.63 bits per heavy atom. The second-order valence-corrected chi connectivity index (χ2v) is 6.12. The summed E-state index contributed by atoms with van der Waals surface area (Å²) in [4.78, 5) is 26.7. The second-order valence-electron chi connectivity index (χ2n) is 3.87. The molecule has 2 rings (SSSR count). The zero-order chi connectivity index (χ0) is 14.0. The monoisotopic (exact) mass is 340 g/mol. The molecule has 0 saturated heterocycles. The molecule has 1 heterocycles. The zero-order valence-electron chi connectivity index (χ0n) is 9.87. The van der Waals surface area contributed by atoms with Crippen molar-refractivity contribution < 1.29 is 9.72 Å². The minimum Gasteiger partial charge on any atom is -0.293 e. The van der Waals surface area contributed by atoms with Gasteiger partial charge in [-0.15, -0.1) is 0 Å². The maximum Gasteiger partial charge on any atom is 0.348 e. The lowest BCUT2D eigenvalue weighted by atomic mass is 9.97. The number of benzene rings is 1. The molecule has 2 aromatic rings. The first kappa shape index (κ1) is 13.8. The molecule has 0 aliphatic carbocycles. The van der Waals surface area contributed by atoms with Crippen LogP contribution in [0, 0.1) is 10.1 Å². The summed E-state index contributed by atoms with van der Waals surface area (Å²) >= 11 is 4.03. The first-order valence-corrected chi connectivity index (χ1v) is 7.01. The highest BCUT2D eigenvalue weighted by Gasteiger charge is 2.29. The van der Waals surface area contributed by atoms with Crippen molar-refractivity contribution in [3.63, 3.8) is 0 Å². The highest BCUT2D eigenvalue weighted by molar-refractivity contribution is 9.11. The fraction of sp³-hybridized carbons (Fsp3) is 0.167. The fourth-order valence-electron chi connectivity index (χ4n) is 1.69. The van der Waals surface area contributed by atoms with Crippen molar-refractivity contribution >= 4 is 38.1 Å². The van der Waals surface area contributed by atoms with Crippen LogP contribution in [0.2, 0.25) is 0 Å². The highest BCUT2D eigenvalue weighted by Crippen LogP contribution is 2.36. The van der Waals surface area contributed by atoms with E-state index in [0.717, 1.165) is 11.3 Å². The number of Topliss-reactive ketones (excluding diaryl/α,β-unsaturated/α-hetero) is 1. The first-order valence-electron chi connectivity index (χ1n) is 5.40. The lowest BCUT2D eigenvalue weighted by Gasteiger charge is -2.07. The predicted octanol–water partition coefficient (Wildman–Crippen LogP) is 3.80. The van der Waals surface area contributed by atoms with Gasteiger partial charge in [0.25, 0.3) is 0 Å². The van der Waals surface area contributed by atoms with E-state index in [9.17, 15) is 14.9 Å². The molecule has 1 atom stereocenters. The molecule has 5 nitrogen and oxygen atoms in total. The van der Waals surface area contributed by atoms with Crippen LogP contribution in [0.5, 0.6) is 0 Å².